The first-order chi connectivity index (χ1) is 10.7. The van der Waals surface area contributed by atoms with Gasteiger partial charge < -0.3 is 10.2 Å². The third kappa shape index (κ3) is 4.08. The largest absolute Gasteiger partial charge is 0.376 e. The molecule has 0 aliphatic carbocycles. The molecule has 0 aromatic heterocycles. The number of carbonyl (C=O) groups is 1. The number of nitrogens with zero attached hydrogens (tertiary/aromatic N) is 1. The van der Waals surface area contributed by atoms with Crippen LogP contribution in [-0.2, 0) is 10.0 Å². The summed E-state index contributed by atoms with van der Waals surface area (Å²) in [6.45, 7) is 1.93. The van der Waals surface area contributed by atoms with Crippen LogP contribution >= 0.6 is 0 Å². The number of primary sulfonamides is 1. The highest BCUT2D eigenvalue weighted by Gasteiger charge is 2.15. The molecule has 122 valence electrons. The van der Waals surface area contributed by atoms with Crippen LogP contribution in [0.2, 0.25) is 0 Å². The Morgan fingerprint density at radius 1 is 1.09 bits per heavy atom. The maximum absolute atomic E-state index is 12.4. The Morgan fingerprint density at radius 2 is 1.70 bits per heavy atom. The van der Waals surface area contributed by atoms with Crippen LogP contribution < -0.4 is 15.4 Å². The second-order valence-electron chi connectivity index (χ2n) is 5.44. The highest BCUT2D eigenvalue weighted by Crippen LogP contribution is 2.27. The first-order valence-corrected chi connectivity index (χ1v) is 8.45. The van der Waals surface area contributed by atoms with E-state index in [-0.39, 0.29) is 10.8 Å². The van der Waals surface area contributed by atoms with E-state index in [2.05, 4.69) is 5.32 Å². The van der Waals surface area contributed by atoms with E-state index in [1.54, 1.807) is 37.2 Å². The van der Waals surface area contributed by atoms with Crippen molar-refractivity contribution in [1.82, 2.24) is 0 Å². The summed E-state index contributed by atoms with van der Waals surface area (Å²) >= 11 is 0. The van der Waals surface area contributed by atoms with Crippen LogP contribution in [0, 0.1) is 6.92 Å². The van der Waals surface area contributed by atoms with Crippen molar-refractivity contribution in [2.75, 3.05) is 24.3 Å². The number of benzene rings is 2. The minimum Gasteiger partial charge on any atom is -0.376 e. The van der Waals surface area contributed by atoms with Gasteiger partial charge in [0.25, 0.3) is 5.91 Å². The molecule has 0 fully saturated rings. The zero-order chi connectivity index (χ0) is 17.2. The van der Waals surface area contributed by atoms with Crippen LogP contribution in [0.5, 0.6) is 0 Å². The molecule has 0 bridgehead atoms. The number of hydrogen-bond acceptors (Lipinski definition) is 4. The molecule has 2 aromatic carbocycles. The molecule has 0 aliphatic heterocycles. The SMILES string of the molecule is Cc1ccc(C(=O)Nc2cc(S(N)(=O)=O)ccc2N(C)C)cc1. The summed E-state index contributed by atoms with van der Waals surface area (Å²) in [5, 5.41) is 7.90. The Hall–Kier alpha value is -2.38. The molecule has 0 saturated heterocycles. The van der Waals surface area contributed by atoms with E-state index >= 15 is 0 Å². The summed E-state index contributed by atoms with van der Waals surface area (Å²) in [5.74, 6) is -0.320. The molecule has 23 heavy (non-hydrogen) atoms. The van der Waals surface area contributed by atoms with Gasteiger partial charge in [-0.25, -0.2) is 13.6 Å². The van der Waals surface area contributed by atoms with Gasteiger partial charge in [-0.3, -0.25) is 4.79 Å². The number of amides is 1. The van der Waals surface area contributed by atoms with Gasteiger partial charge in [-0.2, -0.15) is 0 Å². The van der Waals surface area contributed by atoms with Crippen molar-refractivity contribution in [2.45, 2.75) is 11.8 Å². The average molecular weight is 333 g/mol. The summed E-state index contributed by atoms with van der Waals surface area (Å²) in [4.78, 5) is 14.1. The van der Waals surface area contributed by atoms with Gasteiger partial charge in [0, 0.05) is 19.7 Å². The Morgan fingerprint density at radius 3 is 2.22 bits per heavy atom. The molecule has 0 atom stereocenters. The molecule has 1 amide bonds. The van der Waals surface area contributed by atoms with Crippen LogP contribution in [0.1, 0.15) is 15.9 Å². The number of nitrogens with two attached hydrogens (primary N) is 1. The quantitative estimate of drug-likeness (QED) is 0.894. The van der Waals surface area contributed by atoms with E-state index < -0.39 is 10.0 Å². The zero-order valence-corrected chi connectivity index (χ0v) is 14.0. The molecule has 3 N–H and O–H groups in total. The van der Waals surface area contributed by atoms with E-state index in [1.807, 2.05) is 19.1 Å². The smallest absolute Gasteiger partial charge is 0.255 e. The monoisotopic (exact) mass is 333 g/mol. The van der Waals surface area contributed by atoms with Gasteiger partial charge in [0.05, 0.1) is 16.3 Å². The molecule has 0 radical (unpaired) electrons. The van der Waals surface area contributed by atoms with E-state index in [4.69, 9.17) is 5.14 Å². The molecular formula is C16H19N3O3S. The van der Waals surface area contributed by atoms with Gasteiger partial charge >= 0.3 is 0 Å². The Balaban J connectivity index is 2.40. The molecule has 0 unspecified atom stereocenters. The number of aryl methyl sites for hydroxylation is 1. The van der Waals surface area contributed by atoms with Crippen LogP contribution in [0.25, 0.3) is 0 Å². The number of carbonyl (C=O) groups excluding carboxylic acids is 1. The van der Waals surface area contributed by atoms with E-state index in [0.717, 1.165) is 5.56 Å². The predicted molar refractivity (Wildman–Crippen MR) is 91.3 cm³/mol. The molecule has 0 spiro atoms. The summed E-state index contributed by atoms with van der Waals surface area (Å²) in [5.41, 5.74) is 2.60. The highest BCUT2D eigenvalue weighted by molar-refractivity contribution is 7.89. The maximum Gasteiger partial charge on any atom is 0.255 e. The second-order valence-corrected chi connectivity index (χ2v) is 7.00. The lowest BCUT2D eigenvalue weighted by Crippen LogP contribution is -2.18. The van der Waals surface area contributed by atoms with Crippen molar-refractivity contribution in [3.63, 3.8) is 0 Å². The summed E-state index contributed by atoms with van der Waals surface area (Å²) in [6, 6.07) is 11.5. The lowest BCUT2D eigenvalue weighted by atomic mass is 10.1. The number of nitrogens with one attached hydrogen (secondary N) is 1. The normalized spacial score (nSPS) is 11.1. The zero-order valence-electron chi connectivity index (χ0n) is 13.2. The summed E-state index contributed by atoms with van der Waals surface area (Å²) in [7, 11) is -0.245. The summed E-state index contributed by atoms with van der Waals surface area (Å²) in [6.07, 6.45) is 0. The van der Waals surface area contributed by atoms with Gasteiger partial charge in [-0.15, -0.1) is 0 Å². The predicted octanol–water partition coefficient (Wildman–Crippen LogP) is 1.96. The molecule has 0 aliphatic rings. The standard InChI is InChI=1S/C16H19N3O3S/c1-11-4-6-12(7-5-11)16(20)18-14-10-13(23(17,21)22)8-9-15(14)19(2)3/h4-10H,1-3H3,(H,18,20)(H2,17,21,22). The van der Waals surface area contributed by atoms with Crippen molar-refractivity contribution in [3.05, 3.63) is 53.6 Å². The lowest BCUT2D eigenvalue weighted by Gasteiger charge is -2.18. The highest BCUT2D eigenvalue weighted by atomic mass is 32.2. The van der Waals surface area contributed by atoms with Crippen molar-refractivity contribution < 1.29 is 13.2 Å². The first-order valence-electron chi connectivity index (χ1n) is 6.90. The topological polar surface area (TPSA) is 92.5 Å². The van der Waals surface area contributed by atoms with Gasteiger partial charge in [0.1, 0.15) is 0 Å². The van der Waals surface area contributed by atoms with Crippen molar-refractivity contribution >= 4 is 27.3 Å². The van der Waals surface area contributed by atoms with E-state index in [9.17, 15) is 13.2 Å². The molecule has 6 nitrogen and oxygen atoms in total. The maximum atomic E-state index is 12.4. The Bertz CT molecular complexity index is 828. The Labute approximate surface area is 136 Å². The average Bonchev–Trinajstić information content (AvgIpc) is 2.46. The van der Waals surface area contributed by atoms with E-state index in [0.29, 0.717) is 16.9 Å². The number of rotatable bonds is 4. The van der Waals surface area contributed by atoms with Crippen LogP contribution in [0.3, 0.4) is 0 Å². The summed E-state index contributed by atoms with van der Waals surface area (Å²) < 4.78 is 23.0. The van der Waals surface area contributed by atoms with Crippen LogP contribution in [0.4, 0.5) is 11.4 Å². The third-order valence-corrected chi connectivity index (χ3v) is 4.25. The van der Waals surface area contributed by atoms with Gasteiger partial charge in [-0.05, 0) is 37.3 Å². The molecule has 2 rings (SSSR count). The number of sulfonamides is 1. The Kier molecular flexibility index (Phi) is 4.72. The van der Waals surface area contributed by atoms with Gasteiger partial charge in [-0.1, -0.05) is 17.7 Å². The fourth-order valence-corrected chi connectivity index (χ4v) is 2.62. The van der Waals surface area contributed by atoms with Gasteiger partial charge in [0.2, 0.25) is 10.0 Å². The molecule has 0 heterocycles. The molecular weight excluding hydrogens is 314 g/mol. The van der Waals surface area contributed by atoms with Crippen molar-refractivity contribution in [1.29, 1.82) is 0 Å². The fraction of sp³-hybridized carbons (Fsp3) is 0.188. The van der Waals surface area contributed by atoms with Gasteiger partial charge in [0.15, 0.2) is 0 Å². The fourth-order valence-electron chi connectivity index (χ4n) is 2.08. The van der Waals surface area contributed by atoms with Crippen molar-refractivity contribution in [2.24, 2.45) is 5.14 Å². The first kappa shape index (κ1) is 17.0. The van der Waals surface area contributed by atoms with E-state index in [1.165, 1.54) is 12.1 Å². The minimum absolute atomic E-state index is 0.0534. The number of anilines is 2. The molecule has 2 aromatic rings. The van der Waals surface area contributed by atoms with Crippen molar-refractivity contribution in [3.8, 4) is 0 Å². The molecule has 0 saturated carbocycles. The lowest BCUT2D eigenvalue weighted by molar-refractivity contribution is 0.102. The second kappa shape index (κ2) is 6.39. The minimum atomic E-state index is -3.84. The van der Waals surface area contributed by atoms with Crippen LogP contribution in [0.15, 0.2) is 47.4 Å². The van der Waals surface area contributed by atoms with Crippen LogP contribution in [-0.4, -0.2) is 28.4 Å². The third-order valence-electron chi connectivity index (χ3n) is 3.34. The molecule has 7 heteroatoms. The number of hydrogen-bond donors (Lipinski definition) is 2.